The molecular weight excluding hydrogens is 306 g/mol. The van der Waals surface area contributed by atoms with Crippen LogP contribution in [0.2, 0.25) is 0 Å². The zero-order chi connectivity index (χ0) is 17.1. The molecule has 0 bridgehead atoms. The predicted molar refractivity (Wildman–Crippen MR) is 93.0 cm³/mol. The van der Waals surface area contributed by atoms with Gasteiger partial charge in [-0.3, -0.25) is 0 Å². The molecule has 3 aromatic rings. The zero-order valence-electron chi connectivity index (χ0n) is 13.6. The summed E-state index contributed by atoms with van der Waals surface area (Å²) in [7, 11) is 1.58. The highest BCUT2D eigenvalue weighted by molar-refractivity contribution is 5.89. The fourth-order valence-electron chi connectivity index (χ4n) is 2.52. The predicted octanol–water partition coefficient (Wildman–Crippen LogP) is 2.29. The Morgan fingerprint density at radius 3 is 2.67 bits per heavy atom. The molecular formula is C17H19N5O2. The van der Waals surface area contributed by atoms with Crippen LogP contribution < -0.4 is 11.5 Å². The number of ether oxygens (including phenoxy) is 2. The average molecular weight is 325 g/mol. The lowest BCUT2D eigenvalue weighted by Gasteiger charge is -2.12. The number of hydrogen-bond donors (Lipinski definition) is 2. The summed E-state index contributed by atoms with van der Waals surface area (Å²) in [6.45, 7) is 2.56. The van der Waals surface area contributed by atoms with E-state index in [9.17, 15) is 0 Å². The van der Waals surface area contributed by atoms with E-state index in [2.05, 4.69) is 21.0 Å². The minimum absolute atomic E-state index is 0.103. The van der Waals surface area contributed by atoms with E-state index in [4.69, 9.17) is 20.9 Å². The van der Waals surface area contributed by atoms with Crippen molar-refractivity contribution in [3.05, 3.63) is 41.5 Å². The third-order valence-corrected chi connectivity index (χ3v) is 3.56. The van der Waals surface area contributed by atoms with Crippen molar-refractivity contribution >= 4 is 22.8 Å². The van der Waals surface area contributed by atoms with E-state index in [1.165, 1.54) is 0 Å². The van der Waals surface area contributed by atoms with Gasteiger partial charge in [-0.25, -0.2) is 4.98 Å². The summed E-state index contributed by atoms with van der Waals surface area (Å²) in [6, 6.07) is 9.96. The molecule has 0 fully saturated rings. The Morgan fingerprint density at radius 2 is 1.92 bits per heavy atom. The standard InChI is InChI=1S/C17H19N5O2/c1-10-4-3-5-11(6-10)14-12(8-24-9-23-2)7-13-15(18)21-17(19)22-16(13)20-14/h3-7H,8-9H2,1-2H3,(H4,18,19,20,21,22). The zero-order valence-corrected chi connectivity index (χ0v) is 13.6. The first-order valence-corrected chi connectivity index (χ1v) is 7.45. The third-order valence-electron chi connectivity index (χ3n) is 3.56. The Morgan fingerprint density at radius 1 is 1.08 bits per heavy atom. The first-order chi connectivity index (χ1) is 11.6. The molecule has 3 rings (SSSR count). The molecule has 0 saturated carbocycles. The van der Waals surface area contributed by atoms with Crippen LogP contribution in [-0.2, 0) is 16.1 Å². The van der Waals surface area contributed by atoms with E-state index in [0.29, 0.717) is 23.5 Å². The van der Waals surface area contributed by atoms with Crippen LogP contribution >= 0.6 is 0 Å². The third kappa shape index (κ3) is 3.27. The first kappa shape index (κ1) is 16.1. The number of nitrogens with two attached hydrogens (primary N) is 2. The Bertz CT molecular complexity index is 882. The maximum absolute atomic E-state index is 5.96. The molecule has 0 amide bonds. The van der Waals surface area contributed by atoms with Gasteiger partial charge in [-0.2, -0.15) is 9.97 Å². The summed E-state index contributed by atoms with van der Waals surface area (Å²) in [5.74, 6) is 0.403. The minimum atomic E-state index is 0.103. The molecule has 0 aliphatic heterocycles. The van der Waals surface area contributed by atoms with Gasteiger partial charge in [0.2, 0.25) is 5.95 Å². The molecule has 4 N–H and O–H groups in total. The van der Waals surface area contributed by atoms with Crippen molar-refractivity contribution < 1.29 is 9.47 Å². The summed E-state index contributed by atoms with van der Waals surface area (Å²) in [5, 5.41) is 0.650. The van der Waals surface area contributed by atoms with E-state index in [1.807, 2.05) is 31.2 Å². The highest BCUT2D eigenvalue weighted by atomic mass is 16.7. The number of nitrogens with zero attached hydrogens (tertiary/aromatic N) is 3. The molecule has 124 valence electrons. The van der Waals surface area contributed by atoms with Gasteiger partial charge in [0, 0.05) is 18.2 Å². The molecule has 0 atom stereocenters. The topological polar surface area (TPSA) is 109 Å². The van der Waals surface area contributed by atoms with Crippen LogP contribution in [-0.4, -0.2) is 28.9 Å². The average Bonchev–Trinajstić information content (AvgIpc) is 2.55. The number of fused-ring (bicyclic) bond motifs is 1. The molecule has 0 spiro atoms. The Balaban J connectivity index is 2.18. The van der Waals surface area contributed by atoms with Gasteiger partial charge in [-0.15, -0.1) is 0 Å². The number of pyridine rings is 1. The van der Waals surface area contributed by atoms with Crippen LogP contribution in [0, 0.1) is 6.92 Å². The molecule has 2 aromatic heterocycles. The normalized spacial score (nSPS) is 11.1. The number of aromatic nitrogens is 3. The molecule has 7 nitrogen and oxygen atoms in total. The van der Waals surface area contributed by atoms with Crippen LogP contribution in [0.4, 0.5) is 11.8 Å². The van der Waals surface area contributed by atoms with E-state index >= 15 is 0 Å². The van der Waals surface area contributed by atoms with Crippen LogP contribution in [0.3, 0.4) is 0 Å². The van der Waals surface area contributed by atoms with Gasteiger partial charge >= 0.3 is 0 Å². The summed E-state index contributed by atoms with van der Waals surface area (Å²) in [4.78, 5) is 12.8. The van der Waals surface area contributed by atoms with Gasteiger partial charge in [-0.05, 0) is 19.1 Å². The Hall–Kier alpha value is -2.77. The SMILES string of the molecule is COCOCc1cc2c(N)nc(N)nc2nc1-c1cccc(C)c1. The molecule has 7 heteroatoms. The van der Waals surface area contributed by atoms with Crippen LogP contribution in [0.15, 0.2) is 30.3 Å². The minimum Gasteiger partial charge on any atom is -0.383 e. The molecule has 0 radical (unpaired) electrons. The second-order valence-electron chi connectivity index (χ2n) is 5.46. The quantitative estimate of drug-likeness (QED) is 0.547. The number of anilines is 2. The van der Waals surface area contributed by atoms with E-state index in [1.54, 1.807) is 7.11 Å². The lowest BCUT2D eigenvalue weighted by molar-refractivity contribution is -0.0389. The number of methoxy groups -OCH3 is 1. The van der Waals surface area contributed by atoms with Crippen molar-refractivity contribution in [3.63, 3.8) is 0 Å². The molecule has 24 heavy (non-hydrogen) atoms. The van der Waals surface area contributed by atoms with Crippen LogP contribution in [0.25, 0.3) is 22.3 Å². The summed E-state index contributed by atoms with van der Waals surface area (Å²) < 4.78 is 10.5. The van der Waals surface area contributed by atoms with E-state index in [0.717, 1.165) is 22.4 Å². The number of aryl methyl sites for hydroxylation is 1. The lowest BCUT2D eigenvalue weighted by Crippen LogP contribution is -2.05. The van der Waals surface area contributed by atoms with Gasteiger partial charge in [0.25, 0.3) is 0 Å². The maximum Gasteiger partial charge on any atom is 0.224 e. The lowest BCUT2D eigenvalue weighted by atomic mass is 10.0. The van der Waals surface area contributed by atoms with Crippen molar-refractivity contribution in [2.45, 2.75) is 13.5 Å². The van der Waals surface area contributed by atoms with Crippen LogP contribution in [0.5, 0.6) is 0 Å². The molecule has 0 unspecified atom stereocenters. The van der Waals surface area contributed by atoms with Crippen molar-refractivity contribution in [2.24, 2.45) is 0 Å². The highest BCUT2D eigenvalue weighted by Gasteiger charge is 2.13. The van der Waals surface area contributed by atoms with Crippen molar-refractivity contribution in [2.75, 3.05) is 25.4 Å². The van der Waals surface area contributed by atoms with Gasteiger partial charge < -0.3 is 20.9 Å². The van der Waals surface area contributed by atoms with Crippen LogP contribution in [0.1, 0.15) is 11.1 Å². The fraction of sp³-hybridized carbons (Fsp3) is 0.235. The highest BCUT2D eigenvalue weighted by Crippen LogP contribution is 2.28. The van der Waals surface area contributed by atoms with Gasteiger partial charge in [0.1, 0.15) is 12.6 Å². The monoisotopic (exact) mass is 325 g/mol. The second kappa shape index (κ2) is 6.77. The van der Waals surface area contributed by atoms with E-state index < -0.39 is 0 Å². The summed E-state index contributed by atoms with van der Waals surface area (Å²) in [5.41, 5.74) is 15.9. The van der Waals surface area contributed by atoms with Gasteiger partial charge in [-0.1, -0.05) is 23.8 Å². The van der Waals surface area contributed by atoms with E-state index in [-0.39, 0.29) is 12.7 Å². The number of rotatable bonds is 5. The van der Waals surface area contributed by atoms with Crippen molar-refractivity contribution in [1.82, 2.24) is 15.0 Å². The molecule has 2 heterocycles. The molecule has 0 aliphatic carbocycles. The molecule has 0 saturated heterocycles. The van der Waals surface area contributed by atoms with Crippen molar-refractivity contribution in [3.8, 4) is 11.3 Å². The maximum atomic E-state index is 5.96. The number of benzene rings is 1. The largest absolute Gasteiger partial charge is 0.383 e. The number of hydrogen-bond acceptors (Lipinski definition) is 7. The molecule has 0 aliphatic rings. The second-order valence-corrected chi connectivity index (χ2v) is 5.46. The smallest absolute Gasteiger partial charge is 0.224 e. The Kier molecular flexibility index (Phi) is 4.54. The van der Waals surface area contributed by atoms with Crippen molar-refractivity contribution in [1.29, 1.82) is 0 Å². The Labute approximate surface area is 139 Å². The van der Waals surface area contributed by atoms with Gasteiger partial charge in [0.15, 0.2) is 5.65 Å². The number of nitrogen functional groups attached to an aromatic ring is 2. The summed E-state index contributed by atoms with van der Waals surface area (Å²) in [6.07, 6.45) is 0. The fourth-order valence-corrected chi connectivity index (χ4v) is 2.52. The summed E-state index contributed by atoms with van der Waals surface area (Å²) >= 11 is 0. The molecule has 1 aromatic carbocycles. The van der Waals surface area contributed by atoms with Gasteiger partial charge in [0.05, 0.1) is 17.7 Å². The first-order valence-electron chi connectivity index (χ1n) is 7.45.